The van der Waals surface area contributed by atoms with Crippen LogP contribution in [0.25, 0.3) is 0 Å². The van der Waals surface area contributed by atoms with E-state index in [2.05, 4.69) is 25.7 Å². The minimum atomic E-state index is 0.430. The molecule has 72 valence electrons. The third-order valence-electron chi connectivity index (χ3n) is 1.66. The van der Waals surface area contributed by atoms with Gasteiger partial charge < -0.3 is 10.1 Å². The van der Waals surface area contributed by atoms with Crippen LogP contribution in [0, 0.1) is 0 Å². The molecule has 0 radical (unpaired) electrons. The fourth-order valence-corrected chi connectivity index (χ4v) is 1.15. The van der Waals surface area contributed by atoms with Gasteiger partial charge in [-0.15, -0.1) is 6.58 Å². The molecule has 2 heteroatoms. The predicted molar refractivity (Wildman–Crippen MR) is 53.4 cm³/mol. The minimum absolute atomic E-state index is 0.430. The Balaban J connectivity index is 3.39. The minimum Gasteiger partial charge on any atom is -0.380 e. The second-order valence-electron chi connectivity index (χ2n) is 3.15. The topological polar surface area (TPSA) is 21.3 Å². The van der Waals surface area contributed by atoms with E-state index in [1.165, 1.54) is 0 Å². The molecule has 0 spiro atoms. The highest BCUT2D eigenvalue weighted by atomic mass is 16.5. The molecule has 2 unspecified atom stereocenters. The Morgan fingerprint density at radius 3 is 2.58 bits per heavy atom. The maximum atomic E-state index is 5.29. The molecule has 0 aromatic carbocycles. The van der Waals surface area contributed by atoms with E-state index in [9.17, 15) is 0 Å². The second kappa shape index (κ2) is 7.32. The summed E-state index contributed by atoms with van der Waals surface area (Å²) in [4.78, 5) is 0. The number of hydrogen-bond acceptors (Lipinski definition) is 2. The molecule has 2 atom stereocenters. The van der Waals surface area contributed by atoms with Crippen molar-refractivity contribution in [1.29, 1.82) is 0 Å². The van der Waals surface area contributed by atoms with Crippen LogP contribution in [0.3, 0.4) is 0 Å². The average molecular weight is 171 g/mol. The predicted octanol–water partition coefficient (Wildman–Crippen LogP) is 1.97. The van der Waals surface area contributed by atoms with Crippen molar-refractivity contribution in [2.24, 2.45) is 0 Å². The fraction of sp³-hybridized carbons (Fsp3) is 0.800. The molecule has 12 heavy (non-hydrogen) atoms. The molecule has 0 aliphatic heterocycles. The summed E-state index contributed by atoms with van der Waals surface area (Å²) in [7, 11) is 0. The zero-order valence-corrected chi connectivity index (χ0v) is 8.47. The van der Waals surface area contributed by atoms with Gasteiger partial charge in [-0.3, -0.25) is 0 Å². The van der Waals surface area contributed by atoms with E-state index in [0.29, 0.717) is 12.1 Å². The molecule has 0 amide bonds. The van der Waals surface area contributed by atoms with E-state index >= 15 is 0 Å². The standard InChI is InChI=1S/C10H21NO/c1-5-7-9(3)11-10(4)8-12-6-2/h5,9-11H,1,6-8H2,2-4H3. The Kier molecular flexibility index (Phi) is 7.11. The summed E-state index contributed by atoms with van der Waals surface area (Å²) in [6.07, 6.45) is 2.95. The first kappa shape index (κ1) is 11.7. The lowest BCUT2D eigenvalue weighted by Crippen LogP contribution is -2.37. The molecular formula is C10H21NO. The van der Waals surface area contributed by atoms with Gasteiger partial charge in [0.15, 0.2) is 0 Å². The van der Waals surface area contributed by atoms with Crippen LogP contribution in [-0.2, 0) is 4.74 Å². The Morgan fingerprint density at radius 2 is 2.08 bits per heavy atom. The summed E-state index contributed by atoms with van der Waals surface area (Å²) < 4.78 is 5.29. The lowest BCUT2D eigenvalue weighted by atomic mass is 10.2. The van der Waals surface area contributed by atoms with Gasteiger partial charge in [-0.2, -0.15) is 0 Å². The first-order valence-electron chi connectivity index (χ1n) is 4.65. The number of rotatable bonds is 7. The van der Waals surface area contributed by atoms with Crippen molar-refractivity contribution < 1.29 is 4.74 Å². The van der Waals surface area contributed by atoms with Gasteiger partial charge >= 0.3 is 0 Å². The molecule has 0 aromatic heterocycles. The monoisotopic (exact) mass is 171 g/mol. The Labute approximate surface area is 76.0 Å². The molecule has 2 nitrogen and oxygen atoms in total. The van der Waals surface area contributed by atoms with E-state index in [4.69, 9.17) is 4.74 Å². The first-order valence-corrected chi connectivity index (χ1v) is 4.65. The van der Waals surface area contributed by atoms with Crippen LogP contribution in [0.5, 0.6) is 0 Å². The van der Waals surface area contributed by atoms with Crippen molar-refractivity contribution in [3.63, 3.8) is 0 Å². The smallest absolute Gasteiger partial charge is 0.0616 e. The van der Waals surface area contributed by atoms with Crippen LogP contribution in [0.4, 0.5) is 0 Å². The van der Waals surface area contributed by atoms with Crippen molar-refractivity contribution in [3.05, 3.63) is 12.7 Å². The lowest BCUT2D eigenvalue weighted by molar-refractivity contribution is 0.124. The lowest BCUT2D eigenvalue weighted by Gasteiger charge is -2.18. The summed E-state index contributed by atoms with van der Waals surface area (Å²) in [5.74, 6) is 0. The van der Waals surface area contributed by atoms with E-state index < -0.39 is 0 Å². The molecule has 0 saturated heterocycles. The van der Waals surface area contributed by atoms with Crippen molar-refractivity contribution in [3.8, 4) is 0 Å². The van der Waals surface area contributed by atoms with Gasteiger partial charge in [0.05, 0.1) is 6.61 Å². The van der Waals surface area contributed by atoms with Crippen molar-refractivity contribution in [2.45, 2.75) is 39.3 Å². The largest absolute Gasteiger partial charge is 0.380 e. The van der Waals surface area contributed by atoms with Crippen LogP contribution in [0.2, 0.25) is 0 Å². The summed E-state index contributed by atoms with van der Waals surface area (Å²) in [6, 6.07) is 0.929. The Bertz CT molecular complexity index is 114. The van der Waals surface area contributed by atoms with E-state index in [0.717, 1.165) is 19.6 Å². The molecular weight excluding hydrogens is 150 g/mol. The first-order chi connectivity index (χ1) is 5.70. The highest BCUT2D eigenvalue weighted by Crippen LogP contribution is 1.94. The maximum absolute atomic E-state index is 5.29. The molecule has 0 heterocycles. The van der Waals surface area contributed by atoms with Crippen LogP contribution in [-0.4, -0.2) is 25.3 Å². The molecule has 0 saturated carbocycles. The zero-order valence-electron chi connectivity index (χ0n) is 8.47. The number of ether oxygens (including phenoxy) is 1. The Morgan fingerprint density at radius 1 is 1.42 bits per heavy atom. The molecule has 0 aromatic rings. The second-order valence-corrected chi connectivity index (χ2v) is 3.15. The summed E-state index contributed by atoms with van der Waals surface area (Å²) in [6.45, 7) is 11.6. The normalized spacial score (nSPS) is 15.6. The van der Waals surface area contributed by atoms with Crippen LogP contribution >= 0.6 is 0 Å². The molecule has 0 rings (SSSR count). The summed E-state index contributed by atoms with van der Waals surface area (Å²) >= 11 is 0. The van der Waals surface area contributed by atoms with E-state index in [1.807, 2.05) is 13.0 Å². The van der Waals surface area contributed by atoms with Gasteiger partial charge in [-0.25, -0.2) is 0 Å². The maximum Gasteiger partial charge on any atom is 0.0616 e. The van der Waals surface area contributed by atoms with Crippen molar-refractivity contribution in [1.82, 2.24) is 5.32 Å². The van der Waals surface area contributed by atoms with Gasteiger partial charge in [0.2, 0.25) is 0 Å². The molecule has 0 aliphatic carbocycles. The molecule has 1 N–H and O–H groups in total. The van der Waals surface area contributed by atoms with Gasteiger partial charge in [0.25, 0.3) is 0 Å². The Hall–Kier alpha value is -0.340. The highest BCUT2D eigenvalue weighted by Gasteiger charge is 2.04. The van der Waals surface area contributed by atoms with Crippen LogP contribution < -0.4 is 5.32 Å². The summed E-state index contributed by atoms with van der Waals surface area (Å²) in [5, 5.41) is 3.42. The molecule has 0 fully saturated rings. The molecule has 0 aliphatic rings. The van der Waals surface area contributed by atoms with Crippen molar-refractivity contribution in [2.75, 3.05) is 13.2 Å². The third kappa shape index (κ3) is 6.38. The SMILES string of the molecule is C=CCC(C)NC(C)COCC. The third-order valence-corrected chi connectivity index (χ3v) is 1.66. The molecule has 0 bridgehead atoms. The van der Waals surface area contributed by atoms with Gasteiger partial charge in [-0.05, 0) is 27.2 Å². The summed E-state index contributed by atoms with van der Waals surface area (Å²) in [5.41, 5.74) is 0. The van der Waals surface area contributed by atoms with E-state index in [1.54, 1.807) is 0 Å². The fourth-order valence-electron chi connectivity index (χ4n) is 1.15. The van der Waals surface area contributed by atoms with Crippen molar-refractivity contribution >= 4 is 0 Å². The van der Waals surface area contributed by atoms with Gasteiger partial charge in [0.1, 0.15) is 0 Å². The number of nitrogens with one attached hydrogen (secondary N) is 1. The van der Waals surface area contributed by atoms with E-state index in [-0.39, 0.29) is 0 Å². The van der Waals surface area contributed by atoms with Crippen LogP contribution in [0.1, 0.15) is 27.2 Å². The highest BCUT2D eigenvalue weighted by molar-refractivity contribution is 4.76. The quantitative estimate of drug-likeness (QED) is 0.591. The van der Waals surface area contributed by atoms with Gasteiger partial charge in [0, 0.05) is 18.7 Å². The number of hydrogen-bond donors (Lipinski definition) is 1. The van der Waals surface area contributed by atoms with Gasteiger partial charge in [-0.1, -0.05) is 6.08 Å². The average Bonchev–Trinajstić information content (AvgIpc) is 2.01. The zero-order chi connectivity index (χ0) is 9.40. The van der Waals surface area contributed by atoms with Crippen LogP contribution in [0.15, 0.2) is 12.7 Å².